The van der Waals surface area contributed by atoms with E-state index in [4.69, 9.17) is 14.5 Å². The first-order valence-corrected chi connectivity index (χ1v) is 7.61. The summed E-state index contributed by atoms with van der Waals surface area (Å²) in [7, 11) is 1.61. The fourth-order valence-electron chi connectivity index (χ4n) is 2.93. The van der Waals surface area contributed by atoms with Crippen LogP contribution in [0.5, 0.6) is 5.75 Å². The zero-order valence-corrected chi connectivity index (χ0v) is 13.5. The third-order valence-electron chi connectivity index (χ3n) is 4.18. The maximum absolute atomic E-state index is 12.8. The summed E-state index contributed by atoms with van der Waals surface area (Å²) in [5.41, 5.74) is 2.27. The molecular formula is C19H19NO3. The smallest absolute Gasteiger partial charge is 0.322 e. The highest BCUT2D eigenvalue weighted by Crippen LogP contribution is 2.44. The lowest BCUT2D eigenvalue weighted by molar-refractivity contribution is -0.146. The second kappa shape index (κ2) is 5.88. The molecule has 1 atom stereocenters. The van der Waals surface area contributed by atoms with Gasteiger partial charge in [-0.1, -0.05) is 30.3 Å². The third kappa shape index (κ3) is 2.40. The van der Waals surface area contributed by atoms with Crippen LogP contribution in [0.2, 0.25) is 0 Å². The van der Waals surface area contributed by atoms with Crippen LogP contribution in [-0.2, 0) is 14.9 Å². The summed E-state index contributed by atoms with van der Waals surface area (Å²) in [5, 5.41) is 0. The van der Waals surface area contributed by atoms with Gasteiger partial charge in [-0.05, 0) is 37.6 Å². The van der Waals surface area contributed by atoms with Gasteiger partial charge in [-0.2, -0.15) is 0 Å². The van der Waals surface area contributed by atoms with Crippen LogP contribution in [-0.4, -0.2) is 25.4 Å². The molecule has 0 saturated carbocycles. The summed E-state index contributed by atoms with van der Waals surface area (Å²) in [5.74, 6) is 0.401. The Morgan fingerprint density at radius 2 is 1.91 bits per heavy atom. The first-order chi connectivity index (χ1) is 11.1. The van der Waals surface area contributed by atoms with E-state index in [-0.39, 0.29) is 5.97 Å². The fraction of sp³-hybridized carbons (Fsp3) is 0.263. The van der Waals surface area contributed by atoms with Crippen molar-refractivity contribution in [1.82, 2.24) is 0 Å². The molecule has 0 spiro atoms. The van der Waals surface area contributed by atoms with Gasteiger partial charge in [0.15, 0.2) is 0 Å². The second-order valence-electron chi connectivity index (χ2n) is 5.55. The van der Waals surface area contributed by atoms with Gasteiger partial charge in [0.2, 0.25) is 0 Å². The predicted octanol–water partition coefficient (Wildman–Crippen LogP) is 3.65. The minimum absolute atomic E-state index is 0.297. The number of fused-ring (bicyclic) bond motifs is 1. The molecule has 4 heteroatoms. The lowest BCUT2D eigenvalue weighted by Gasteiger charge is -2.25. The molecule has 1 aliphatic heterocycles. The fourth-order valence-corrected chi connectivity index (χ4v) is 2.93. The lowest BCUT2D eigenvalue weighted by Crippen LogP contribution is -2.40. The Morgan fingerprint density at radius 1 is 1.17 bits per heavy atom. The van der Waals surface area contributed by atoms with E-state index in [2.05, 4.69) is 0 Å². The van der Waals surface area contributed by atoms with Gasteiger partial charge in [0, 0.05) is 5.56 Å². The minimum Gasteiger partial charge on any atom is -0.497 e. The van der Waals surface area contributed by atoms with Crippen molar-refractivity contribution in [2.45, 2.75) is 19.3 Å². The first-order valence-electron chi connectivity index (χ1n) is 7.61. The van der Waals surface area contributed by atoms with Gasteiger partial charge in [0.1, 0.15) is 11.2 Å². The van der Waals surface area contributed by atoms with Crippen LogP contribution in [0.1, 0.15) is 25.0 Å². The maximum Gasteiger partial charge on any atom is 0.322 e. The molecule has 0 amide bonds. The highest BCUT2D eigenvalue weighted by Gasteiger charge is 2.47. The number of benzene rings is 2. The number of methoxy groups -OCH3 is 1. The summed E-state index contributed by atoms with van der Waals surface area (Å²) in [6.07, 6.45) is 0. The highest BCUT2D eigenvalue weighted by atomic mass is 16.5. The van der Waals surface area contributed by atoms with E-state index in [0.29, 0.717) is 18.1 Å². The van der Waals surface area contributed by atoms with Crippen molar-refractivity contribution in [3.05, 3.63) is 59.7 Å². The number of rotatable bonds is 4. The van der Waals surface area contributed by atoms with Crippen molar-refractivity contribution >= 4 is 17.4 Å². The molecule has 0 bridgehead atoms. The predicted molar refractivity (Wildman–Crippen MR) is 89.6 cm³/mol. The van der Waals surface area contributed by atoms with Crippen LogP contribution in [0.25, 0.3) is 0 Å². The number of carbonyl (C=O) groups excluding carboxylic acids is 1. The first kappa shape index (κ1) is 15.3. The highest BCUT2D eigenvalue weighted by molar-refractivity contribution is 6.23. The van der Waals surface area contributed by atoms with Crippen molar-refractivity contribution in [1.29, 1.82) is 0 Å². The number of ether oxygens (including phenoxy) is 2. The molecule has 0 aliphatic carbocycles. The van der Waals surface area contributed by atoms with Gasteiger partial charge in [-0.3, -0.25) is 9.79 Å². The summed E-state index contributed by atoms with van der Waals surface area (Å²) < 4.78 is 10.7. The van der Waals surface area contributed by atoms with Crippen LogP contribution < -0.4 is 4.74 Å². The Labute approximate surface area is 135 Å². The molecule has 0 fully saturated rings. The number of hydrogen-bond donors (Lipinski definition) is 0. The van der Waals surface area contributed by atoms with Gasteiger partial charge in [0.05, 0.1) is 25.1 Å². The molecule has 4 nitrogen and oxygen atoms in total. The molecule has 3 rings (SSSR count). The Hall–Kier alpha value is -2.62. The minimum atomic E-state index is -0.943. The monoisotopic (exact) mass is 309 g/mol. The normalized spacial score (nSPS) is 19.0. The Balaban J connectivity index is 2.18. The largest absolute Gasteiger partial charge is 0.497 e. The quantitative estimate of drug-likeness (QED) is 0.810. The van der Waals surface area contributed by atoms with E-state index >= 15 is 0 Å². The molecule has 23 heavy (non-hydrogen) atoms. The zero-order valence-electron chi connectivity index (χ0n) is 13.5. The molecule has 118 valence electrons. The van der Waals surface area contributed by atoms with E-state index < -0.39 is 5.41 Å². The summed E-state index contributed by atoms with van der Waals surface area (Å²) in [6, 6.07) is 15.3. The molecule has 1 aliphatic rings. The van der Waals surface area contributed by atoms with Gasteiger partial charge >= 0.3 is 5.97 Å². The van der Waals surface area contributed by atoms with Crippen LogP contribution in [0.3, 0.4) is 0 Å². The number of carbonyl (C=O) groups is 1. The second-order valence-corrected chi connectivity index (χ2v) is 5.55. The summed E-state index contributed by atoms with van der Waals surface area (Å²) in [4.78, 5) is 17.5. The van der Waals surface area contributed by atoms with E-state index in [9.17, 15) is 4.79 Å². The van der Waals surface area contributed by atoms with Gasteiger partial charge < -0.3 is 9.47 Å². The van der Waals surface area contributed by atoms with Gasteiger partial charge in [-0.25, -0.2) is 0 Å². The van der Waals surface area contributed by atoms with Crippen molar-refractivity contribution in [3.63, 3.8) is 0 Å². The van der Waals surface area contributed by atoms with Crippen molar-refractivity contribution in [2.75, 3.05) is 13.7 Å². The number of aliphatic imine (C=N–C) groups is 1. The van der Waals surface area contributed by atoms with E-state index in [1.807, 2.05) is 62.4 Å². The van der Waals surface area contributed by atoms with Crippen molar-refractivity contribution in [2.24, 2.45) is 4.99 Å². The number of esters is 1. The topological polar surface area (TPSA) is 47.9 Å². The summed E-state index contributed by atoms with van der Waals surface area (Å²) >= 11 is 0. The standard InChI is InChI=1S/C19H19NO3/c1-4-23-18(21)19(2)15-12-14(22-3)10-11-16(15)20-17(19)13-8-6-5-7-9-13/h5-12H,4H2,1-3H3. The summed E-state index contributed by atoms with van der Waals surface area (Å²) in [6.45, 7) is 4.00. The third-order valence-corrected chi connectivity index (χ3v) is 4.18. The number of nitrogens with zero attached hydrogens (tertiary/aromatic N) is 1. The molecular weight excluding hydrogens is 290 g/mol. The molecule has 0 aromatic heterocycles. The Bertz CT molecular complexity index is 767. The van der Waals surface area contributed by atoms with E-state index in [0.717, 1.165) is 16.8 Å². The van der Waals surface area contributed by atoms with Gasteiger partial charge in [-0.15, -0.1) is 0 Å². The molecule has 1 heterocycles. The average Bonchev–Trinajstić information content (AvgIpc) is 2.89. The van der Waals surface area contributed by atoms with Crippen molar-refractivity contribution in [3.8, 4) is 5.75 Å². The molecule has 1 unspecified atom stereocenters. The van der Waals surface area contributed by atoms with E-state index in [1.54, 1.807) is 7.11 Å². The zero-order chi connectivity index (χ0) is 16.4. The molecule has 0 radical (unpaired) electrons. The number of hydrogen-bond acceptors (Lipinski definition) is 4. The van der Waals surface area contributed by atoms with Crippen molar-refractivity contribution < 1.29 is 14.3 Å². The van der Waals surface area contributed by atoms with Crippen LogP contribution in [0.15, 0.2) is 53.5 Å². The maximum atomic E-state index is 12.8. The molecule has 2 aromatic carbocycles. The van der Waals surface area contributed by atoms with E-state index in [1.165, 1.54) is 0 Å². The molecule has 0 saturated heterocycles. The molecule has 0 N–H and O–H groups in total. The Morgan fingerprint density at radius 3 is 2.57 bits per heavy atom. The lowest BCUT2D eigenvalue weighted by atomic mass is 9.77. The average molecular weight is 309 g/mol. The van der Waals surface area contributed by atoms with Crippen LogP contribution in [0.4, 0.5) is 5.69 Å². The van der Waals surface area contributed by atoms with Crippen LogP contribution in [0, 0.1) is 0 Å². The molecule has 2 aromatic rings. The SMILES string of the molecule is CCOC(=O)C1(C)C(c2ccccc2)=Nc2ccc(OC)cc21. The van der Waals surface area contributed by atoms with Gasteiger partial charge in [0.25, 0.3) is 0 Å². The van der Waals surface area contributed by atoms with Crippen LogP contribution >= 0.6 is 0 Å². The Kier molecular flexibility index (Phi) is 3.90.